The third kappa shape index (κ3) is 5.93. The van der Waals surface area contributed by atoms with Crippen molar-refractivity contribution in [2.75, 3.05) is 19.6 Å². The summed E-state index contributed by atoms with van der Waals surface area (Å²) < 4.78 is 0. The molecule has 0 saturated carbocycles. The monoisotopic (exact) mass is 343 g/mol. The third-order valence-corrected chi connectivity index (χ3v) is 4.42. The molecule has 1 heterocycles. The van der Waals surface area contributed by atoms with Gasteiger partial charge in [-0.15, -0.1) is 0 Å². The zero-order valence-corrected chi connectivity index (χ0v) is 15.5. The summed E-state index contributed by atoms with van der Waals surface area (Å²) in [6.07, 6.45) is 4.10. The molecular formula is C20H29N3O2. The summed E-state index contributed by atoms with van der Waals surface area (Å²) in [4.78, 5) is 28.7. The van der Waals surface area contributed by atoms with Crippen LogP contribution in [0.15, 0.2) is 30.5 Å². The Bertz CT molecular complexity index is 706. The van der Waals surface area contributed by atoms with Gasteiger partial charge in [-0.25, -0.2) is 0 Å². The van der Waals surface area contributed by atoms with Crippen LogP contribution in [0.2, 0.25) is 0 Å². The summed E-state index contributed by atoms with van der Waals surface area (Å²) in [7, 11) is 0. The number of nitrogens with zero attached hydrogens (tertiary/aromatic N) is 1. The van der Waals surface area contributed by atoms with Crippen LogP contribution in [-0.2, 0) is 16.0 Å². The second-order valence-electron chi connectivity index (χ2n) is 6.90. The highest BCUT2D eigenvalue weighted by atomic mass is 16.2. The van der Waals surface area contributed by atoms with Crippen LogP contribution in [0.1, 0.15) is 39.2 Å². The summed E-state index contributed by atoms with van der Waals surface area (Å²) in [5.41, 5.74) is 2.32. The number of benzene rings is 1. The molecule has 25 heavy (non-hydrogen) atoms. The van der Waals surface area contributed by atoms with Crippen molar-refractivity contribution in [3.05, 3.63) is 36.0 Å². The van der Waals surface area contributed by atoms with Crippen LogP contribution < -0.4 is 5.32 Å². The zero-order chi connectivity index (χ0) is 18.2. The Morgan fingerprint density at radius 1 is 1.20 bits per heavy atom. The summed E-state index contributed by atoms with van der Waals surface area (Å²) in [5, 5.41) is 4.16. The Morgan fingerprint density at radius 2 is 1.96 bits per heavy atom. The normalized spacial score (nSPS) is 11.0. The Kier molecular flexibility index (Phi) is 7.04. The summed E-state index contributed by atoms with van der Waals surface area (Å²) in [6, 6.07) is 8.16. The fourth-order valence-corrected chi connectivity index (χ4v) is 2.84. The first-order chi connectivity index (χ1) is 12.0. The maximum absolute atomic E-state index is 12.0. The Hall–Kier alpha value is -2.30. The largest absolute Gasteiger partial charge is 0.361 e. The van der Waals surface area contributed by atoms with Crippen LogP contribution in [-0.4, -0.2) is 41.3 Å². The molecule has 0 atom stereocenters. The second-order valence-corrected chi connectivity index (χ2v) is 6.90. The van der Waals surface area contributed by atoms with E-state index in [2.05, 4.69) is 30.2 Å². The molecule has 0 fully saturated rings. The van der Waals surface area contributed by atoms with E-state index in [1.807, 2.05) is 24.4 Å². The van der Waals surface area contributed by atoms with Crippen LogP contribution in [0.5, 0.6) is 0 Å². The average Bonchev–Trinajstić information content (AvgIpc) is 2.97. The van der Waals surface area contributed by atoms with Gasteiger partial charge < -0.3 is 15.2 Å². The fraction of sp³-hybridized carbons (Fsp3) is 0.500. The zero-order valence-electron chi connectivity index (χ0n) is 15.5. The van der Waals surface area contributed by atoms with E-state index in [4.69, 9.17) is 0 Å². The Labute approximate surface area is 149 Å². The molecule has 1 aromatic carbocycles. The first kappa shape index (κ1) is 19.0. The van der Waals surface area contributed by atoms with Gasteiger partial charge >= 0.3 is 0 Å². The lowest BCUT2D eigenvalue weighted by Gasteiger charge is -2.21. The van der Waals surface area contributed by atoms with Gasteiger partial charge in [0.1, 0.15) is 0 Å². The number of rotatable bonds is 9. The molecule has 5 nitrogen and oxygen atoms in total. The molecule has 2 rings (SSSR count). The van der Waals surface area contributed by atoms with Crippen molar-refractivity contribution in [1.29, 1.82) is 0 Å². The van der Waals surface area contributed by atoms with Gasteiger partial charge in [0.2, 0.25) is 11.8 Å². The van der Waals surface area contributed by atoms with Crippen molar-refractivity contribution in [2.45, 2.75) is 40.0 Å². The van der Waals surface area contributed by atoms with E-state index in [9.17, 15) is 9.59 Å². The molecule has 0 spiro atoms. The minimum absolute atomic E-state index is 0.00404. The third-order valence-electron chi connectivity index (χ3n) is 4.42. The molecule has 2 N–H and O–H groups in total. The molecule has 0 saturated heterocycles. The predicted molar refractivity (Wildman–Crippen MR) is 101 cm³/mol. The number of nitrogens with one attached hydrogen (secondary N) is 2. The minimum Gasteiger partial charge on any atom is -0.361 e. The molecule has 0 unspecified atom stereocenters. The summed E-state index contributed by atoms with van der Waals surface area (Å²) in [6.45, 7) is 7.64. The summed E-state index contributed by atoms with van der Waals surface area (Å²) in [5.74, 6) is 0.578. The molecule has 2 amide bonds. The van der Waals surface area contributed by atoms with Gasteiger partial charge in [-0.2, -0.15) is 0 Å². The number of aromatic amines is 1. The molecule has 2 aromatic rings. The molecule has 0 aliphatic heterocycles. The van der Waals surface area contributed by atoms with Gasteiger partial charge in [0, 0.05) is 50.1 Å². The number of carbonyl (C=O) groups excluding carboxylic acids is 2. The van der Waals surface area contributed by atoms with Crippen LogP contribution in [0.3, 0.4) is 0 Å². The average molecular weight is 343 g/mol. The molecule has 0 aliphatic carbocycles. The van der Waals surface area contributed by atoms with Crippen molar-refractivity contribution in [1.82, 2.24) is 15.2 Å². The first-order valence-electron chi connectivity index (χ1n) is 9.04. The molecule has 0 bridgehead atoms. The van der Waals surface area contributed by atoms with Gasteiger partial charge in [-0.05, 0) is 30.4 Å². The molecule has 0 radical (unpaired) electrons. The van der Waals surface area contributed by atoms with Gasteiger partial charge in [0.15, 0.2) is 0 Å². The van der Waals surface area contributed by atoms with E-state index in [0.717, 1.165) is 24.9 Å². The molecule has 1 aromatic heterocycles. The van der Waals surface area contributed by atoms with Crippen LogP contribution in [0, 0.1) is 5.92 Å². The number of fused-ring (bicyclic) bond motifs is 1. The lowest BCUT2D eigenvalue weighted by Crippen LogP contribution is -2.35. The number of carbonyl (C=O) groups is 2. The maximum Gasteiger partial charge on any atom is 0.221 e. The standard InChI is InChI=1S/C20H29N3O2/c1-15(2)9-12-23(16(3)24)13-10-20(25)21-11-8-17-14-22-19-7-5-4-6-18(17)19/h4-7,14-15,22H,8-13H2,1-3H3,(H,21,25). The Balaban J connectivity index is 1.73. The number of aromatic nitrogens is 1. The van der Waals surface area contributed by atoms with Gasteiger partial charge in [-0.3, -0.25) is 9.59 Å². The highest BCUT2D eigenvalue weighted by Gasteiger charge is 2.12. The van der Waals surface area contributed by atoms with E-state index < -0.39 is 0 Å². The van der Waals surface area contributed by atoms with Crippen LogP contribution >= 0.6 is 0 Å². The SMILES string of the molecule is CC(=O)N(CCC(=O)NCCc1c[nH]c2ccccc12)CCC(C)C. The number of amides is 2. The minimum atomic E-state index is -0.00404. The van der Waals surface area contributed by atoms with Crippen LogP contribution in [0.25, 0.3) is 10.9 Å². The number of hydrogen-bond acceptors (Lipinski definition) is 2. The maximum atomic E-state index is 12.0. The highest BCUT2D eigenvalue weighted by Crippen LogP contribution is 2.17. The van der Waals surface area contributed by atoms with Crippen molar-refractivity contribution >= 4 is 22.7 Å². The van der Waals surface area contributed by atoms with Gasteiger partial charge in [0.05, 0.1) is 0 Å². The van der Waals surface area contributed by atoms with Gasteiger partial charge in [-0.1, -0.05) is 32.0 Å². The van der Waals surface area contributed by atoms with E-state index >= 15 is 0 Å². The lowest BCUT2D eigenvalue weighted by molar-refractivity contribution is -0.129. The smallest absolute Gasteiger partial charge is 0.221 e. The quantitative estimate of drug-likeness (QED) is 0.735. The second kappa shape index (κ2) is 9.25. The van der Waals surface area contributed by atoms with Crippen molar-refractivity contribution in [3.63, 3.8) is 0 Å². The fourth-order valence-electron chi connectivity index (χ4n) is 2.84. The highest BCUT2D eigenvalue weighted by molar-refractivity contribution is 5.83. The molecule has 5 heteroatoms. The van der Waals surface area contributed by atoms with E-state index in [1.54, 1.807) is 11.8 Å². The number of para-hydroxylation sites is 1. The topological polar surface area (TPSA) is 65.2 Å². The number of H-pyrrole nitrogens is 1. The van der Waals surface area contributed by atoms with Crippen molar-refractivity contribution in [3.8, 4) is 0 Å². The van der Waals surface area contributed by atoms with Crippen LogP contribution in [0.4, 0.5) is 0 Å². The predicted octanol–water partition coefficient (Wildman–Crippen LogP) is 3.11. The van der Waals surface area contributed by atoms with E-state index in [1.165, 1.54) is 10.9 Å². The first-order valence-corrected chi connectivity index (χ1v) is 9.04. The van der Waals surface area contributed by atoms with E-state index in [0.29, 0.717) is 25.4 Å². The molecular weight excluding hydrogens is 314 g/mol. The van der Waals surface area contributed by atoms with Gasteiger partial charge in [0.25, 0.3) is 0 Å². The molecule has 136 valence electrons. The Morgan fingerprint density at radius 3 is 2.68 bits per heavy atom. The lowest BCUT2D eigenvalue weighted by atomic mass is 10.1. The molecule has 0 aliphatic rings. The van der Waals surface area contributed by atoms with E-state index in [-0.39, 0.29) is 11.8 Å². The van der Waals surface area contributed by atoms with Crippen molar-refractivity contribution < 1.29 is 9.59 Å². The van der Waals surface area contributed by atoms with Crippen molar-refractivity contribution in [2.24, 2.45) is 5.92 Å². The summed E-state index contributed by atoms with van der Waals surface area (Å²) >= 11 is 0. The number of hydrogen-bond donors (Lipinski definition) is 2.